The third kappa shape index (κ3) is 1.93. The third-order valence-electron chi connectivity index (χ3n) is 3.99. The van der Waals surface area contributed by atoms with Crippen LogP contribution < -0.4 is 5.56 Å². The van der Waals surface area contributed by atoms with Crippen LogP contribution in [0.3, 0.4) is 0 Å². The van der Waals surface area contributed by atoms with Gasteiger partial charge in [0.15, 0.2) is 0 Å². The summed E-state index contributed by atoms with van der Waals surface area (Å²) >= 11 is 0. The number of rotatable bonds is 1. The Hall–Kier alpha value is -3.39. The van der Waals surface area contributed by atoms with Crippen LogP contribution in [0, 0.1) is 11.3 Å². The lowest BCUT2D eigenvalue weighted by atomic mass is 10.1. The van der Waals surface area contributed by atoms with Crippen LogP contribution in [-0.4, -0.2) is 14.2 Å². The smallest absolute Gasteiger partial charge is 0.261 e. The van der Waals surface area contributed by atoms with Crippen LogP contribution >= 0.6 is 0 Å². The summed E-state index contributed by atoms with van der Waals surface area (Å²) in [5, 5.41) is 14.3. The Morgan fingerprint density at radius 1 is 1.09 bits per heavy atom. The molecule has 0 fully saturated rings. The van der Waals surface area contributed by atoms with Gasteiger partial charge in [0.05, 0.1) is 28.2 Å². The summed E-state index contributed by atoms with van der Waals surface area (Å²) in [6.45, 7) is 0. The lowest BCUT2D eigenvalue weighted by molar-refractivity contribution is 0.850. The molecule has 0 unspecified atom stereocenters. The molecule has 0 N–H and O–H groups in total. The fraction of sp³-hybridized carbons (Fsp3) is 0.0556. The van der Waals surface area contributed by atoms with E-state index < -0.39 is 0 Å². The molecule has 0 aliphatic rings. The van der Waals surface area contributed by atoms with Crippen molar-refractivity contribution in [2.24, 2.45) is 7.05 Å². The van der Waals surface area contributed by atoms with Crippen molar-refractivity contribution in [1.82, 2.24) is 14.2 Å². The molecule has 4 rings (SSSR count). The molecular weight excluding hydrogens is 288 g/mol. The number of benzene rings is 2. The van der Waals surface area contributed by atoms with E-state index in [2.05, 4.69) is 11.2 Å². The molecule has 0 spiro atoms. The summed E-state index contributed by atoms with van der Waals surface area (Å²) in [6, 6.07) is 18.8. The molecule has 0 saturated heterocycles. The van der Waals surface area contributed by atoms with Crippen LogP contribution in [0.25, 0.3) is 27.8 Å². The number of nitrogens with zero attached hydrogens (tertiary/aromatic N) is 4. The van der Waals surface area contributed by atoms with Gasteiger partial charge < -0.3 is 0 Å². The molecule has 4 aromatic rings. The van der Waals surface area contributed by atoms with E-state index in [1.54, 1.807) is 34.3 Å². The normalized spacial score (nSPS) is 11.0. The minimum atomic E-state index is -0.100. The van der Waals surface area contributed by atoms with Gasteiger partial charge in [-0.2, -0.15) is 10.4 Å². The summed E-state index contributed by atoms with van der Waals surface area (Å²) in [7, 11) is 1.73. The van der Waals surface area contributed by atoms with Gasteiger partial charge in [0.25, 0.3) is 5.56 Å². The molecule has 2 heterocycles. The van der Waals surface area contributed by atoms with Crippen molar-refractivity contribution < 1.29 is 0 Å². The van der Waals surface area contributed by atoms with E-state index in [4.69, 9.17) is 5.26 Å². The number of aromatic nitrogens is 3. The van der Waals surface area contributed by atoms with Crippen LogP contribution in [0.4, 0.5) is 0 Å². The maximum absolute atomic E-state index is 12.5. The summed E-state index contributed by atoms with van der Waals surface area (Å²) in [5.41, 5.74) is 3.50. The first-order valence-corrected chi connectivity index (χ1v) is 7.17. The molecule has 110 valence electrons. The second kappa shape index (κ2) is 4.82. The van der Waals surface area contributed by atoms with Gasteiger partial charge in [-0.15, -0.1) is 0 Å². The van der Waals surface area contributed by atoms with E-state index in [9.17, 15) is 4.79 Å². The maximum atomic E-state index is 12.5. The van der Waals surface area contributed by atoms with Gasteiger partial charge in [-0.3, -0.25) is 9.36 Å². The zero-order valence-electron chi connectivity index (χ0n) is 12.4. The molecule has 0 amide bonds. The Morgan fingerprint density at radius 3 is 2.61 bits per heavy atom. The van der Waals surface area contributed by atoms with Crippen LogP contribution in [0.15, 0.2) is 59.4 Å². The number of hydrogen-bond acceptors (Lipinski definition) is 3. The molecule has 0 bridgehead atoms. The molecule has 2 aromatic heterocycles. The molecule has 0 saturated carbocycles. The highest BCUT2D eigenvalue weighted by atomic mass is 16.1. The zero-order valence-corrected chi connectivity index (χ0v) is 12.4. The van der Waals surface area contributed by atoms with Gasteiger partial charge in [-0.1, -0.05) is 30.3 Å². The molecular formula is C18H12N4O. The van der Waals surface area contributed by atoms with Crippen molar-refractivity contribution >= 4 is 16.6 Å². The minimum absolute atomic E-state index is 0.100. The number of hydrogen-bond donors (Lipinski definition) is 0. The first-order valence-electron chi connectivity index (χ1n) is 7.17. The molecule has 0 aliphatic carbocycles. The van der Waals surface area contributed by atoms with Crippen LogP contribution in [0.1, 0.15) is 5.56 Å². The van der Waals surface area contributed by atoms with Gasteiger partial charge in [0.1, 0.15) is 5.65 Å². The monoisotopic (exact) mass is 300 g/mol. The Balaban J connectivity index is 2.15. The van der Waals surface area contributed by atoms with Crippen LogP contribution in [0.5, 0.6) is 0 Å². The van der Waals surface area contributed by atoms with Gasteiger partial charge in [-0.25, -0.2) is 4.52 Å². The van der Waals surface area contributed by atoms with Gasteiger partial charge >= 0.3 is 0 Å². The Bertz CT molecular complexity index is 1150. The predicted molar refractivity (Wildman–Crippen MR) is 88.1 cm³/mol. The van der Waals surface area contributed by atoms with Crippen LogP contribution in [0.2, 0.25) is 0 Å². The maximum Gasteiger partial charge on any atom is 0.261 e. The van der Waals surface area contributed by atoms with Crippen LogP contribution in [-0.2, 0) is 7.05 Å². The van der Waals surface area contributed by atoms with Gasteiger partial charge in [-0.05, 0) is 18.2 Å². The summed E-state index contributed by atoms with van der Waals surface area (Å²) in [6.07, 6.45) is 0. The van der Waals surface area contributed by atoms with E-state index in [0.717, 1.165) is 11.3 Å². The van der Waals surface area contributed by atoms with Crippen molar-refractivity contribution in [2.45, 2.75) is 0 Å². The molecule has 2 aromatic carbocycles. The average Bonchev–Trinajstić information content (AvgIpc) is 3.05. The van der Waals surface area contributed by atoms with Crippen molar-refractivity contribution in [3.8, 4) is 17.3 Å². The highest BCUT2D eigenvalue weighted by Gasteiger charge is 2.13. The van der Waals surface area contributed by atoms with Gasteiger partial charge in [0, 0.05) is 18.7 Å². The van der Waals surface area contributed by atoms with E-state index in [-0.39, 0.29) is 5.56 Å². The number of aryl methyl sites for hydroxylation is 1. The molecule has 5 nitrogen and oxygen atoms in total. The standard InChI is InChI=1S/C18H12N4O/c1-21-17-10-15(13-5-3-2-4-6-13)20-22(17)16-9-12(11-19)7-8-14(16)18(21)23/h2-10H,1H3. The Labute approximate surface area is 131 Å². The first-order chi connectivity index (χ1) is 11.2. The molecule has 0 atom stereocenters. The zero-order chi connectivity index (χ0) is 16.0. The van der Waals surface area contributed by atoms with Crippen molar-refractivity contribution in [3.63, 3.8) is 0 Å². The second-order valence-electron chi connectivity index (χ2n) is 5.37. The second-order valence-corrected chi connectivity index (χ2v) is 5.37. The number of nitriles is 1. The van der Waals surface area contributed by atoms with Gasteiger partial charge in [0.2, 0.25) is 0 Å². The fourth-order valence-corrected chi connectivity index (χ4v) is 2.78. The first kappa shape index (κ1) is 13.3. The van der Waals surface area contributed by atoms with Crippen molar-refractivity contribution in [3.05, 3.63) is 70.5 Å². The third-order valence-corrected chi connectivity index (χ3v) is 3.99. The van der Waals surface area contributed by atoms with Crippen molar-refractivity contribution in [2.75, 3.05) is 0 Å². The molecule has 0 radical (unpaired) electrons. The lowest BCUT2D eigenvalue weighted by Gasteiger charge is -2.06. The Morgan fingerprint density at radius 2 is 1.87 bits per heavy atom. The quantitative estimate of drug-likeness (QED) is 0.543. The van der Waals surface area contributed by atoms with Crippen molar-refractivity contribution in [1.29, 1.82) is 5.26 Å². The summed E-state index contributed by atoms with van der Waals surface area (Å²) in [4.78, 5) is 12.5. The lowest BCUT2D eigenvalue weighted by Crippen LogP contribution is -2.19. The summed E-state index contributed by atoms with van der Waals surface area (Å²) < 4.78 is 3.30. The van der Waals surface area contributed by atoms with E-state index >= 15 is 0 Å². The SMILES string of the molecule is Cn1c(=O)c2ccc(C#N)cc2n2nc(-c3ccccc3)cc12. The average molecular weight is 300 g/mol. The highest BCUT2D eigenvalue weighted by molar-refractivity contribution is 5.82. The highest BCUT2D eigenvalue weighted by Crippen LogP contribution is 2.22. The fourth-order valence-electron chi connectivity index (χ4n) is 2.78. The van der Waals surface area contributed by atoms with E-state index in [1.165, 1.54) is 0 Å². The molecule has 0 aliphatic heterocycles. The number of fused-ring (bicyclic) bond motifs is 3. The summed E-state index contributed by atoms with van der Waals surface area (Å²) in [5.74, 6) is 0. The van der Waals surface area contributed by atoms with E-state index in [1.807, 2.05) is 36.4 Å². The predicted octanol–water partition coefficient (Wildman–Crippen LogP) is 2.72. The molecule has 5 heteroatoms. The topological polar surface area (TPSA) is 63.1 Å². The minimum Gasteiger partial charge on any atom is -0.296 e. The molecule has 23 heavy (non-hydrogen) atoms. The largest absolute Gasteiger partial charge is 0.296 e. The Kier molecular flexibility index (Phi) is 2.78. The van der Waals surface area contributed by atoms with E-state index in [0.29, 0.717) is 22.1 Å².